The van der Waals surface area contributed by atoms with Crippen LogP contribution in [0, 0.1) is 5.92 Å². The van der Waals surface area contributed by atoms with E-state index in [2.05, 4.69) is 15.6 Å². The normalized spacial score (nSPS) is 23.2. The second-order valence-corrected chi connectivity index (χ2v) is 11.9. The molecule has 8 nitrogen and oxygen atoms in total. The summed E-state index contributed by atoms with van der Waals surface area (Å²) >= 11 is 0. The molecule has 1 saturated heterocycles. The van der Waals surface area contributed by atoms with E-state index in [4.69, 9.17) is 0 Å². The SMILES string of the molecule is C[C@](NC(=O)c1ccc2ccccc2n1)(C(=O)N1CCCC1C(O)C(=O)NC1CCCCC1)C1CCCCC1. The molecule has 2 unspecified atom stereocenters. The van der Waals surface area contributed by atoms with E-state index in [1.54, 1.807) is 11.0 Å². The van der Waals surface area contributed by atoms with Crippen molar-refractivity contribution >= 4 is 28.6 Å². The molecule has 2 saturated carbocycles. The Morgan fingerprint density at radius 3 is 2.36 bits per heavy atom. The summed E-state index contributed by atoms with van der Waals surface area (Å²) in [6.45, 7) is 2.29. The average molecular weight is 535 g/mol. The first-order chi connectivity index (χ1) is 18.9. The molecule has 2 aliphatic carbocycles. The Kier molecular flexibility index (Phi) is 8.50. The molecule has 210 valence electrons. The fourth-order valence-corrected chi connectivity index (χ4v) is 6.88. The maximum atomic E-state index is 14.3. The van der Waals surface area contributed by atoms with Crippen molar-refractivity contribution in [2.24, 2.45) is 5.92 Å². The maximum Gasteiger partial charge on any atom is 0.270 e. The average Bonchev–Trinajstić information content (AvgIpc) is 3.47. The lowest BCUT2D eigenvalue weighted by Crippen LogP contribution is -2.64. The van der Waals surface area contributed by atoms with Gasteiger partial charge in [-0.25, -0.2) is 4.98 Å². The summed E-state index contributed by atoms with van der Waals surface area (Å²) in [6, 6.07) is 10.7. The summed E-state index contributed by atoms with van der Waals surface area (Å²) in [5, 5.41) is 18.2. The van der Waals surface area contributed by atoms with Crippen molar-refractivity contribution in [3.63, 3.8) is 0 Å². The third kappa shape index (κ3) is 5.96. The molecular weight excluding hydrogens is 492 g/mol. The number of carbonyl (C=O) groups excluding carboxylic acids is 3. The molecule has 0 radical (unpaired) electrons. The molecule has 39 heavy (non-hydrogen) atoms. The van der Waals surface area contributed by atoms with Crippen LogP contribution in [-0.4, -0.2) is 63.0 Å². The highest BCUT2D eigenvalue weighted by Crippen LogP contribution is 2.36. The molecule has 3 N–H and O–H groups in total. The number of benzene rings is 1. The largest absolute Gasteiger partial charge is 0.381 e. The van der Waals surface area contributed by atoms with Crippen LogP contribution in [0.4, 0.5) is 0 Å². The highest BCUT2D eigenvalue weighted by atomic mass is 16.3. The topological polar surface area (TPSA) is 112 Å². The number of nitrogens with zero attached hydrogens (tertiary/aromatic N) is 2. The third-order valence-electron chi connectivity index (χ3n) is 9.21. The van der Waals surface area contributed by atoms with Crippen molar-refractivity contribution in [3.8, 4) is 0 Å². The third-order valence-corrected chi connectivity index (χ3v) is 9.21. The van der Waals surface area contributed by atoms with Crippen molar-refractivity contribution in [1.82, 2.24) is 20.5 Å². The van der Waals surface area contributed by atoms with Gasteiger partial charge in [-0.05, 0) is 63.5 Å². The molecule has 3 fully saturated rings. The Hall–Kier alpha value is -3.00. The summed E-state index contributed by atoms with van der Waals surface area (Å²) in [5.41, 5.74) is -0.163. The van der Waals surface area contributed by atoms with Crippen LogP contribution in [0.5, 0.6) is 0 Å². The van der Waals surface area contributed by atoms with Gasteiger partial charge < -0.3 is 20.6 Å². The number of fused-ring (bicyclic) bond motifs is 1. The van der Waals surface area contributed by atoms with Gasteiger partial charge in [-0.1, -0.05) is 62.8 Å². The molecule has 3 aliphatic rings. The lowest BCUT2D eigenvalue weighted by molar-refractivity contribution is -0.146. The standard InChI is InChI=1S/C31H42N4O4/c1-31(22-12-4-2-5-13-22,34-28(37)25-19-18-21-11-8-9-16-24(21)33-25)30(39)35-20-10-17-26(35)27(36)29(38)32-23-14-6-3-7-15-23/h8-9,11,16,18-19,22-23,26-27,36H,2-7,10,12-15,17,20H2,1H3,(H,32,38)(H,34,37)/t26?,27?,31-/m1/s1. The number of likely N-dealkylation sites (tertiary alicyclic amines) is 1. The van der Waals surface area contributed by atoms with Gasteiger partial charge >= 0.3 is 0 Å². The van der Waals surface area contributed by atoms with E-state index < -0.39 is 23.6 Å². The quantitative estimate of drug-likeness (QED) is 0.495. The summed E-state index contributed by atoms with van der Waals surface area (Å²) in [6.07, 6.45) is 10.0. The molecule has 2 aromatic rings. The fourth-order valence-electron chi connectivity index (χ4n) is 6.88. The van der Waals surface area contributed by atoms with Crippen LogP contribution >= 0.6 is 0 Å². The maximum absolute atomic E-state index is 14.3. The van der Waals surface area contributed by atoms with E-state index in [0.29, 0.717) is 19.4 Å². The Labute approximate surface area is 230 Å². The highest BCUT2D eigenvalue weighted by Gasteiger charge is 2.49. The number of aliphatic hydroxyl groups is 1. The molecule has 3 amide bonds. The highest BCUT2D eigenvalue weighted by molar-refractivity contribution is 5.99. The van der Waals surface area contributed by atoms with Crippen molar-refractivity contribution in [3.05, 3.63) is 42.1 Å². The first kappa shape index (κ1) is 27.6. The molecule has 1 aromatic heterocycles. The second-order valence-electron chi connectivity index (χ2n) is 11.9. The minimum Gasteiger partial charge on any atom is -0.381 e. The van der Waals surface area contributed by atoms with Crippen LogP contribution in [0.25, 0.3) is 10.9 Å². The monoisotopic (exact) mass is 534 g/mol. The molecule has 1 aromatic carbocycles. The van der Waals surface area contributed by atoms with Gasteiger partial charge in [0.2, 0.25) is 5.91 Å². The van der Waals surface area contributed by atoms with Gasteiger partial charge in [-0.3, -0.25) is 14.4 Å². The number of rotatable bonds is 7. The van der Waals surface area contributed by atoms with Gasteiger partial charge in [0.15, 0.2) is 6.10 Å². The van der Waals surface area contributed by atoms with Crippen LogP contribution in [0.15, 0.2) is 36.4 Å². The zero-order valence-corrected chi connectivity index (χ0v) is 23.0. The van der Waals surface area contributed by atoms with Crippen molar-refractivity contribution in [1.29, 1.82) is 0 Å². The van der Waals surface area contributed by atoms with E-state index in [1.807, 2.05) is 37.3 Å². The number of hydrogen-bond acceptors (Lipinski definition) is 5. The van der Waals surface area contributed by atoms with Gasteiger partial charge in [0.1, 0.15) is 11.2 Å². The van der Waals surface area contributed by atoms with Gasteiger partial charge in [-0.2, -0.15) is 0 Å². The van der Waals surface area contributed by atoms with E-state index >= 15 is 0 Å². The van der Waals surface area contributed by atoms with Crippen molar-refractivity contribution < 1.29 is 19.5 Å². The summed E-state index contributed by atoms with van der Waals surface area (Å²) < 4.78 is 0. The first-order valence-corrected chi connectivity index (χ1v) is 14.8. The minimum absolute atomic E-state index is 0.0300. The molecule has 1 aliphatic heterocycles. The smallest absolute Gasteiger partial charge is 0.270 e. The first-order valence-electron chi connectivity index (χ1n) is 14.8. The zero-order valence-electron chi connectivity index (χ0n) is 23.0. The second kappa shape index (κ2) is 12.0. The van der Waals surface area contributed by atoms with Gasteiger partial charge in [0.05, 0.1) is 11.6 Å². The minimum atomic E-state index is -1.29. The number of pyridine rings is 1. The molecule has 0 bridgehead atoms. The predicted molar refractivity (Wildman–Crippen MR) is 150 cm³/mol. The molecule has 5 rings (SSSR count). The van der Waals surface area contributed by atoms with Crippen LogP contribution in [-0.2, 0) is 9.59 Å². The number of amides is 3. The Morgan fingerprint density at radius 2 is 1.62 bits per heavy atom. The van der Waals surface area contributed by atoms with E-state index in [0.717, 1.165) is 68.7 Å². The number of aromatic nitrogens is 1. The number of aliphatic hydroxyl groups excluding tert-OH is 1. The van der Waals surface area contributed by atoms with Crippen LogP contribution in [0.1, 0.15) is 94.5 Å². The summed E-state index contributed by atoms with van der Waals surface area (Å²) in [4.78, 5) is 47.1. The van der Waals surface area contributed by atoms with Gasteiger partial charge in [0, 0.05) is 18.0 Å². The molecular formula is C31H42N4O4. The Bertz CT molecular complexity index is 1190. The zero-order chi connectivity index (χ0) is 27.4. The Balaban J connectivity index is 1.36. The number of nitrogens with one attached hydrogen (secondary N) is 2. The molecule has 0 spiro atoms. The Morgan fingerprint density at radius 1 is 0.923 bits per heavy atom. The molecule has 3 atom stereocenters. The predicted octanol–water partition coefficient (Wildman–Crippen LogP) is 4.10. The lowest BCUT2D eigenvalue weighted by atomic mass is 9.74. The molecule has 8 heteroatoms. The van der Waals surface area contributed by atoms with Crippen LogP contribution in [0.3, 0.4) is 0 Å². The summed E-state index contributed by atoms with van der Waals surface area (Å²) in [7, 11) is 0. The van der Waals surface area contributed by atoms with E-state index in [9.17, 15) is 19.5 Å². The van der Waals surface area contributed by atoms with Gasteiger partial charge in [0.25, 0.3) is 11.8 Å². The number of hydrogen-bond donors (Lipinski definition) is 3. The van der Waals surface area contributed by atoms with Crippen molar-refractivity contribution in [2.45, 2.75) is 108 Å². The lowest BCUT2D eigenvalue weighted by Gasteiger charge is -2.43. The van der Waals surface area contributed by atoms with Crippen LogP contribution < -0.4 is 10.6 Å². The van der Waals surface area contributed by atoms with Crippen LogP contribution in [0.2, 0.25) is 0 Å². The van der Waals surface area contributed by atoms with Gasteiger partial charge in [-0.15, -0.1) is 0 Å². The van der Waals surface area contributed by atoms with E-state index in [1.165, 1.54) is 6.42 Å². The molecule has 2 heterocycles. The number of para-hydroxylation sites is 1. The number of carbonyl (C=O) groups is 3. The summed E-state index contributed by atoms with van der Waals surface area (Å²) in [5.74, 6) is -1.02. The van der Waals surface area contributed by atoms with Crippen molar-refractivity contribution in [2.75, 3.05) is 6.54 Å². The fraction of sp³-hybridized carbons (Fsp3) is 0.613. The van der Waals surface area contributed by atoms with E-state index in [-0.39, 0.29) is 29.5 Å².